The minimum atomic E-state index is -2.52. The average molecular weight is 563 g/mol. The van der Waals surface area contributed by atoms with Gasteiger partial charge in [0, 0.05) is 24.9 Å². The Balaban J connectivity index is 5.04. The summed E-state index contributed by atoms with van der Waals surface area (Å²) in [6.45, 7) is 24.0. The van der Waals surface area contributed by atoms with E-state index >= 15 is 0 Å². The number of methoxy groups -OCH3 is 1. The van der Waals surface area contributed by atoms with Crippen LogP contribution in [0.1, 0.15) is 33.1 Å². The second kappa shape index (κ2) is 17.4. The lowest BCUT2D eigenvalue weighted by Crippen LogP contribution is -2.54. The molecule has 0 heterocycles. The summed E-state index contributed by atoms with van der Waals surface area (Å²) in [6.07, 6.45) is 2.35. The van der Waals surface area contributed by atoms with E-state index in [2.05, 4.69) is 45.9 Å². The highest BCUT2D eigenvalue weighted by molar-refractivity contribution is 6.88. The van der Waals surface area contributed by atoms with Crippen LogP contribution < -0.4 is 0 Å². The van der Waals surface area contributed by atoms with Gasteiger partial charge in [-0.2, -0.15) is 0 Å². The second-order valence-electron chi connectivity index (χ2n) is 10.6. The smallest absolute Gasteiger partial charge is 0.333 e. The topological polar surface area (TPSA) is 89.5 Å². The Kier molecular flexibility index (Phi) is 16.9. The van der Waals surface area contributed by atoms with Gasteiger partial charge in [0.05, 0.1) is 26.4 Å². The first-order valence-electron chi connectivity index (χ1n) is 12.8. The number of rotatable bonds is 21. The number of carbonyl (C=O) groups is 2. The summed E-state index contributed by atoms with van der Waals surface area (Å²) in [5.74, 6) is -0.707. The molecule has 0 bridgehead atoms. The summed E-state index contributed by atoms with van der Waals surface area (Å²) < 4.78 is 35.0. The molecule has 0 amide bonds. The Morgan fingerprint density at radius 2 is 1.06 bits per heavy atom. The fraction of sp³-hybridized carbons (Fsp3) is 0.760. The second-order valence-corrected chi connectivity index (χ2v) is 23.0. The van der Waals surface area contributed by atoms with Gasteiger partial charge in [0.1, 0.15) is 0 Å². The molecule has 36 heavy (non-hydrogen) atoms. The predicted octanol–water partition coefficient (Wildman–Crippen LogP) is 5.57. The van der Waals surface area contributed by atoms with Gasteiger partial charge in [0.2, 0.25) is 0 Å². The summed E-state index contributed by atoms with van der Waals surface area (Å²) >= 11 is 0. The number of hydrogen-bond donors (Lipinski definition) is 0. The molecule has 11 heteroatoms. The molecular weight excluding hydrogens is 513 g/mol. The fourth-order valence-electron chi connectivity index (χ4n) is 3.71. The fourth-order valence-corrected chi connectivity index (χ4v) is 18.0. The maximum atomic E-state index is 11.6. The van der Waals surface area contributed by atoms with E-state index in [1.165, 1.54) is 0 Å². The Morgan fingerprint density at radius 3 is 1.44 bits per heavy atom. The van der Waals surface area contributed by atoms with Crippen LogP contribution in [-0.4, -0.2) is 77.3 Å². The lowest BCUT2D eigenvalue weighted by atomic mass is 10.4. The minimum Gasteiger partial charge on any atom is -0.462 e. The monoisotopic (exact) mass is 562 g/mol. The maximum Gasteiger partial charge on any atom is 0.333 e. The molecule has 0 atom stereocenters. The van der Waals surface area contributed by atoms with Crippen molar-refractivity contribution >= 4 is 37.1 Å². The van der Waals surface area contributed by atoms with Crippen LogP contribution >= 0.6 is 0 Å². The molecule has 0 saturated carbocycles. The lowest BCUT2D eigenvalue weighted by Gasteiger charge is -2.41. The first-order valence-corrected chi connectivity index (χ1v) is 21.5. The molecule has 0 aromatic rings. The van der Waals surface area contributed by atoms with Crippen molar-refractivity contribution in [2.24, 2.45) is 0 Å². The van der Waals surface area contributed by atoms with Crippen molar-refractivity contribution in [3.8, 4) is 0 Å². The molecule has 0 unspecified atom stereocenters. The Hall–Kier alpha value is -1.09. The van der Waals surface area contributed by atoms with Crippen LogP contribution in [0.2, 0.25) is 50.9 Å². The molecule has 0 fully saturated rings. The third-order valence-electron chi connectivity index (χ3n) is 5.35. The molecule has 0 N–H and O–H groups in total. The van der Waals surface area contributed by atoms with Gasteiger partial charge in [-0.05, 0) is 84.0 Å². The average Bonchev–Trinajstić information content (AvgIpc) is 2.75. The van der Waals surface area contributed by atoms with Crippen molar-refractivity contribution < 1.29 is 36.8 Å². The molecule has 0 saturated heterocycles. The molecule has 0 aromatic heterocycles. The van der Waals surface area contributed by atoms with E-state index in [9.17, 15) is 9.59 Å². The SMILES string of the molecule is C=C(C)C(=O)OCCC[Si](C)(C)O[Si](C)(CCCOCCOC)O[Si](C)(C)CCCOC(=O)C(=C)C. The molecule has 0 radical (unpaired) electrons. The van der Waals surface area contributed by atoms with Gasteiger partial charge in [-0.15, -0.1) is 0 Å². The molecule has 8 nitrogen and oxygen atoms in total. The molecule has 0 aliphatic heterocycles. The quantitative estimate of drug-likeness (QED) is 0.0776. The van der Waals surface area contributed by atoms with Crippen molar-refractivity contribution in [1.82, 2.24) is 0 Å². The van der Waals surface area contributed by atoms with Gasteiger partial charge in [-0.1, -0.05) is 13.2 Å². The van der Waals surface area contributed by atoms with E-state index in [4.69, 9.17) is 27.2 Å². The van der Waals surface area contributed by atoms with Crippen LogP contribution in [-0.2, 0) is 36.8 Å². The Morgan fingerprint density at radius 1 is 0.639 bits per heavy atom. The molecular formula is C25H50O8Si3. The molecule has 0 spiro atoms. The summed E-state index contributed by atoms with van der Waals surface area (Å²) in [6, 6.07) is 2.57. The Bertz CT molecular complexity index is 661. The van der Waals surface area contributed by atoms with Crippen LogP contribution in [0.25, 0.3) is 0 Å². The number of esters is 2. The van der Waals surface area contributed by atoms with Gasteiger partial charge in [-0.3, -0.25) is 0 Å². The van der Waals surface area contributed by atoms with Crippen molar-refractivity contribution in [3.05, 3.63) is 24.3 Å². The van der Waals surface area contributed by atoms with Gasteiger partial charge < -0.3 is 27.2 Å². The summed E-state index contributed by atoms with van der Waals surface area (Å²) in [5, 5.41) is 0. The summed E-state index contributed by atoms with van der Waals surface area (Å²) in [4.78, 5) is 23.3. The molecule has 210 valence electrons. The minimum absolute atomic E-state index is 0.354. The zero-order valence-electron chi connectivity index (χ0n) is 24.0. The third kappa shape index (κ3) is 17.4. The van der Waals surface area contributed by atoms with E-state index in [1.54, 1.807) is 21.0 Å². The largest absolute Gasteiger partial charge is 0.462 e. The standard InChI is InChI=1S/C25H50O8Si3/c1-22(2)24(26)30-15-12-19-34(6,7)32-36(10,21-11-14-29-18-17-28-5)33-35(8,9)20-13-16-31-25(27)23(3)4/h1,3,11-21H2,2,4-10H3. The maximum absolute atomic E-state index is 11.6. The molecule has 0 aromatic carbocycles. The first-order chi connectivity index (χ1) is 16.6. The highest BCUT2D eigenvalue weighted by Gasteiger charge is 2.42. The van der Waals surface area contributed by atoms with Crippen molar-refractivity contribution in [1.29, 1.82) is 0 Å². The summed E-state index contributed by atoms with van der Waals surface area (Å²) in [7, 11) is -5.02. The van der Waals surface area contributed by atoms with Gasteiger partial charge >= 0.3 is 20.5 Å². The van der Waals surface area contributed by atoms with Gasteiger partial charge in [0.25, 0.3) is 0 Å². The van der Waals surface area contributed by atoms with Gasteiger partial charge in [0.15, 0.2) is 16.6 Å². The third-order valence-corrected chi connectivity index (χ3v) is 17.6. The van der Waals surface area contributed by atoms with Crippen LogP contribution in [0.3, 0.4) is 0 Å². The zero-order chi connectivity index (χ0) is 27.8. The first kappa shape index (κ1) is 34.9. The van der Waals surface area contributed by atoms with Crippen molar-refractivity contribution in [2.45, 2.75) is 84.0 Å². The highest BCUT2D eigenvalue weighted by Crippen LogP contribution is 2.29. The van der Waals surface area contributed by atoms with E-state index in [0.717, 1.165) is 37.4 Å². The zero-order valence-corrected chi connectivity index (χ0v) is 27.0. The molecule has 0 aliphatic rings. The molecule has 0 aliphatic carbocycles. The Labute approximate surface area is 222 Å². The van der Waals surface area contributed by atoms with Crippen molar-refractivity contribution in [2.75, 3.05) is 40.1 Å². The predicted molar refractivity (Wildman–Crippen MR) is 151 cm³/mol. The lowest BCUT2D eigenvalue weighted by molar-refractivity contribution is -0.139. The van der Waals surface area contributed by atoms with E-state index in [-0.39, 0.29) is 11.9 Å². The van der Waals surface area contributed by atoms with E-state index in [1.807, 2.05) is 0 Å². The molecule has 0 rings (SSSR count). The van der Waals surface area contributed by atoms with E-state index in [0.29, 0.717) is 44.2 Å². The summed E-state index contributed by atoms with van der Waals surface area (Å²) in [5.41, 5.74) is 0.816. The van der Waals surface area contributed by atoms with Crippen molar-refractivity contribution in [3.63, 3.8) is 0 Å². The number of carbonyl (C=O) groups excluding carboxylic acids is 2. The van der Waals surface area contributed by atoms with Gasteiger partial charge in [-0.25, -0.2) is 9.59 Å². The van der Waals surface area contributed by atoms with Crippen LogP contribution in [0.4, 0.5) is 0 Å². The number of ether oxygens (including phenoxy) is 4. The normalized spacial score (nSPS) is 12.3. The van der Waals surface area contributed by atoms with Crippen LogP contribution in [0.5, 0.6) is 0 Å². The van der Waals surface area contributed by atoms with E-state index < -0.39 is 25.2 Å². The van der Waals surface area contributed by atoms with Crippen LogP contribution in [0.15, 0.2) is 24.3 Å². The number of hydrogen-bond acceptors (Lipinski definition) is 8. The van der Waals surface area contributed by atoms with Crippen LogP contribution in [0, 0.1) is 0 Å². The highest BCUT2D eigenvalue weighted by atomic mass is 28.5.